The quantitative estimate of drug-likeness (QED) is 0.432. The molecule has 3 heterocycles. The van der Waals surface area contributed by atoms with Gasteiger partial charge in [-0.25, -0.2) is 10.0 Å². The van der Waals surface area contributed by atoms with Crippen molar-refractivity contribution in [3.05, 3.63) is 106 Å². The van der Waals surface area contributed by atoms with Crippen molar-refractivity contribution in [2.45, 2.75) is 13.5 Å². The SMILES string of the molecule is Cc1nnc2n1-c1ccccc1C(c1ccc(Cl)cc1)=NN2Cc1cccc(C2=NCCO2)c1. The normalized spacial score (nSPS) is 14.6. The number of para-hydroxylation sites is 1. The number of hydrogen-bond donors (Lipinski definition) is 0. The number of aliphatic imine (C=N–C) groups is 1. The van der Waals surface area contributed by atoms with E-state index in [1.807, 2.05) is 60.5 Å². The summed E-state index contributed by atoms with van der Waals surface area (Å²) in [5.74, 6) is 2.14. The largest absolute Gasteiger partial charge is 0.476 e. The lowest BCUT2D eigenvalue weighted by molar-refractivity contribution is 0.348. The van der Waals surface area contributed by atoms with Gasteiger partial charge in [0.2, 0.25) is 5.90 Å². The Labute approximate surface area is 202 Å². The van der Waals surface area contributed by atoms with Gasteiger partial charge in [-0.3, -0.25) is 4.57 Å². The molecule has 2 aliphatic heterocycles. The molecule has 0 aliphatic carbocycles. The molecular weight excluding hydrogens is 448 g/mol. The molecule has 0 spiro atoms. The molecule has 1 aromatic heterocycles. The second-order valence-corrected chi connectivity index (χ2v) is 8.59. The van der Waals surface area contributed by atoms with Crippen molar-refractivity contribution in [1.29, 1.82) is 0 Å². The predicted molar refractivity (Wildman–Crippen MR) is 133 cm³/mol. The van der Waals surface area contributed by atoms with Crippen LogP contribution in [0.2, 0.25) is 5.02 Å². The summed E-state index contributed by atoms with van der Waals surface area (Å²) in [7, 11) is 0. The lowest BCUT2D eigenvalue weighted by Crippen LogP contribution is -2.20. The van der Waals surface area contributed by atoms with Gasteiger partial charge < -0.3 is 4.74 Å². The Morgan fingerprint density at radius 2 is 1.79 bits per heavy atom. The number of aromatic nitrogens is 3. The maximum absolute atomic E-state index is 6.17. The van der Waals surface area contributed by atoms with Gasteiger partial charge in [-0.05, 0) is 42.8 Å². The summed E-state index contributed by atoms with van der Waals surface area (Å²) in [6.07, 6.45) is 0. The van der Waals surface area contributed by atoms with Gasteiger partial charge in [-0.1, -0.05) is 54.1 Å². The average Bonchev–Trinajstić information content (AvgIpc) is 3.50. The predicted octanol–water partition coefficient (Wildman–Crippen LogP) is 4.78. The molecule has 0 fully saturated rings. The van der Waals surface area contributed by atoms with Gasteiger partial charge in [0.25, 0.3) is 5.95 Å². The highest BCUT2D eigenvalue weighted by atomic mass is 35.5. The Kier molecular flexibility index (Phi) is 5.11. The Balaban J connectivity index is 1.49. The fraction of sp³-hybridized carbons (Fsp3) is 0.154. The van der Waals surface area contributed by atoms with E-state index in [9.17, 15) is 0 Å². The van der Waals surface area contributed by atoms with E-state index in [4.69, 9.17) is 21.4 Å². The van der Waals surface area contributed by atoms with Crippen molar-refractivity contribution in [3.8, 4) is 5.69 Å². The third-order valence-corrected chi connectivity index (χ3v) is 6.12. The van der Waals surface area contributed by atoms with Crippen molar-refractivity contribution < 1.29 is 4.74 Å². The van der Waals surface area contributed by atoms with Gasteiger partial charge in [-0.2, -0.15) is 5.10 Å². The van der Waals surface area contributed by atoms with Crippen LogP contribution in [-0.4, -0.2) is 39.5 Å². The standard InChI is InChI=1S/C26H21ClN6O/c1-17-29-30-26-32(16-18-5-4-6-20(15-18)25-28-13-14-34-25)31-24(19-9-11-21(27)12-10-19)22-7-2-3-8-23(22)33(17)26/h2-12,15H,13-14,16H2,1H3. The smallest absolute Gasteiger partial charge is 0.252 e. The van der Waals surface area contributed by atoms with Gasteiger partial charge in [0.1, 0.15) is 18.1 Å². The first-order valence-corrected chi connectivity index (χ1v) is 11.5. The monoisotopic (exact) mass is 468 g/mol. The van der Waals surface area contributed by atoms with Crippen LogP contribution >= 0.6 is 11.6 Å². The number of benzene rings is 3. The minimum absolute atomic E-state index is 0.504. The highest BCUT2D eigenvalue weighted by Gasteiger charge is 2.26. The number of rotatable bonds is 4. The molecule has 0 amide bonds. The molecule has 34 heavy (non-hydrogen) atoms. The van der Waals surface area contributed by atoms with E-state index in [2.05, 4.69) is 44.0 Å². The Morgan fingerprint density at radius 1 is 0.941 bits per heavy atom. The van der Waals surface area contributed by atoms with Crippen LogP contribution in [0.5, 0.6) is 0 Å². The highest BCUT2D eigenvalue weighted by molar-refractivity contribution is 6.30. The van der Waals surface area contributed by atoms with E-state index in [-0.39, 0.29) is 0 Å². The molecule has 0 N–H and O–H groups in total. The summed E-state index contributed by atoms with van der Waals surface area (Å²) in [5.41, 5.74) is 5.83. The summed E-state index contributed by atoms with van der Waals surface area (Å²) < 4.78 is 7.71. The van der Waals surface area contributed by atoms with Crippen LogP contribution in [0.25, 0.3) is 5.69 Å². The molecule has 0 bridgehead atoms. The first-order chi connectivity index (χ1) is 16.7. The zero-order chi connectivity index (χ0) is 23.1. The summed E-state index contributed by atoms with van der Waals surface area (Å²) >= 11 is 6.17. The zero-order valence-corrected chi connectivity index (χ0v) is 19.3. The molecule has 8 heteroatoms. The molecule has 0 saturated heterocycles. The minimum Gasteiger partial charge on any atom is -0.476 e. The number of ether oxygens (including phenoxy) is 1. The summed E-state index contributed by atoms with van der Waals surface area (Å²) in [5, 5.41) is 16.6. The second-order valence-electron chi connectivity index (χ2n) is 8.15. The minimum atomic E-state index is 0.504. The number of nitrogens with zero attached hydrogens (tertiary/aromatic N) is 6. The molecule has 0 saturated carbocycles. The van der Waals surface area contributed by atoms with Gasteiger partial charge >= 0.3 is 0 Å². The van der Waals surface area contributed by atoms with E-state index in [0.717, 1.165) is 39.5 Å². The van der Waals surface area contributed by atoms with Gasteiger partial charge in [0.15, 0.2) is 0 Å². The fourth-order valence-corrected chi connectivity index (χ4v) is 4.43. The number of aryl methyl sites for hydroxylation is 1. The molecule has 0 radical (unpaired) electrons. The molecule has 168 valence electrons. The molecule has 6 rings (SSSR count). The van der Waals surface area contributed by atoms with Crippen molar-refractivity contribution in [2.24, 2.45) is 10.1 Å². The van der Waals surface area contributed by atoms with E-state index in [0.29, 0.717) is 36.6 Å². The average molecular weight is 469 g/mol. The number of anilines is 1. The molecule has 2 aliphatic rings. The molecule has 3 aromatic carbocycles. The topological polar surface area (TPSA) is 67.9 Å². The van der Waals surface area contributed by atoms with Crippen LogP contribution < -0.4 is 5.01 Å². The lowest BCUT2D eigenvalue weighted by atomic mass is 10.0. The summed E-state index contributed by atoms with van der Waals surface area (Å²) in [4.78, 5) is 4.45. The van der Waals surface area contributed by atoms with Crippen LogP contribution in [0.15, 0.2) is 82.9 Å². The Hall–Kier alpha value is -3.97. The van der Waals surface area contributed by atoms with Crippen LogP contribution in [0.4, 0.5) is 5.95 Å². The van der Waals surface area contributed by atoms with Crippen LogP contribution in [-0.2, 0) is 11.3 Å². The van der Waals surface area contributed by atoms with Crippen molar-refractivity contribution in [3.63, 3.8) is 0 Å². The molecule has 7 nitrogen and oxygen atoms in total. The molecule has 4 aromatic rings. The van der Waals surface area contributed by atoms with E-state index >= 15 is 0 Å². The third kappa shape index (κ3) is 3.64. The van der Waals surface area contributed by atoms with E-state index in [1.54, 1.807) is 0 Å². The Bertz CT molecular complexity index is 1440. The van der Waals surface area contributed by atoms with Crippen molar-refractivity contribution >= 4 is 29.2 Å². The first kappa shape index (κ1) is 20.6. The highest BCUT2D eigenvalue weighted by Crippen LogP contribution is 2.31. The maximum atomic E-state index is 6.17. The summed E-state index contributed by atoms with van der Waals surface area (Å²) in [6.45, 7) is 3.78. The number of hydrogen-bond acceptors (Lipinski definition) is 6. The van der Waals surface area contributed by atoms with Gasteiger partial charge in [-0.15, -0.1) is 10.2 Å². The second kappa shape index (κ2) is 8.43. The lowest BCUT2D eigenvalue weighted by Gasteiger charge is -2.18. The third-order valence-electron chi connectivity index (χ3n) is 5.87. The maximum Gasteiger partial charge on any atom is 0.252 e. The fourth-order valence-electron chi connectivity index (χ4n) is 4.30. The summed E-state index contributed by atoms with van der Waals surface area (Å²) in [6, 6.07) is 24.1. The zero-order valence-electron chi connectivity index (χ0n) is 18.5. The molecule has 0 unspecified atom stereocenters. The number of halogens is 1. The number of hydrazone groups is 1. The number of fused-ring (bicyclic) bond motifs is 3. The Morgan fingerprint density at radius 3 is 2.62 bits per heavy atom. The van der Waals surface area contributed by atoms with Crippen LogP contribution in [0, 0.1) is 6.92 Å². The molecular formula is C26H21ClN6O. The first-order valence-electron chi connectivity index (χ1n) is 11.1. The van der Waals surface area contributed by atoms with Crippen molar-refractivity contribution in [2.75, 3.05) is 18.2 Å². The van der Waals surface area contributed by atoms with E-state index in [1.165, 1.54) is 0 Å². The van der Waals surface area contributed by atoms with Crippen LogP contribution in [0.1, 0.15) is 28.1 Å². The molecule has 0 atom stereocenters. The van der Waals surface area contributed by atoms with Crippen LogP contribution in [0.3, 0.4) is 0 Å². The van der Waals surface area contributed by atoms with Gasteiger partial charge in [0, 0.05) is 21.7 Å². The van der Waals surface area contributed by atoms with Crippen molar-refractivity contribution in [1.82, 2.24) is 14.8 Å². The van der Waals surface area contributed by atoms with E-state index < -0.39 is 0 Å². The van der Waals surface area contributed by atoms with Gasteiger partial charge in [0.05, 0.1) is 18.8 Å².